The lowest BCUT2D eigenvalue weighted by Gasteiger charge is -2.05. The number of halogens is 1. The van der Waals surface area contributed by atoms with Gasteiger partial charge in [0, 0.05) is 5.02 Å². The minimum atomic E-state index is -0.431. The Balaban J connectivity index is 1.57. The molecule has 0 saturated carbocycles. The number of pyridine rings is 1. The van der Waals surface area contributed by atoms with Crippen molar-refractivity contribution in [3.63, 3.8) is 0 Å². The predicted molar refractivity (Wildman–Crippen MR) is 121 cm³/mol. The van der Waals surface area contributed by atoms with Crippen molar-refractivity contribution in [2.24, 2.45) is 0 Å². The maximum Gasteiger partial charge on any atom is 0.272 e. The van der Waals surface area contributed by atoms with E-state index in [4.69, 9.17) is 16.3 Å². The summed E-state index contributed by atoms with van der Waals surface area (Å²) in [6.07, 6.45) is 4.64. The lowest BCUT2D eigenvalue weighted by atomic mass is 10.2. The summed E-state index contributed by atoms with van der Waals surface area (Å²) in [6, 6.07) is 20.3. The van der Waals surface area contributed by atoms with E-state index in [1.165, 1.54) is 6.08 Å². The van der Waals surface area contributed by atoms with Crippen molar-refractivity contribution >= 4 is 23.8 Å². The summed E-state index contributed by atoms with van der Waals surface area (Å²) in [6.45, 7) is 0.434. The molecular weight excluding hydrogens is 414 g/mol. The van der Waals surface area contributed by atoms with Gasteiger partial charge in [0.1, 0.15) is 23.1 Å². The molecule has 0 radical (unpaired) electrons. The molecule has 0 saturated heterocycles. The van der Waals surface area contributed by atoms with Crippen molar-refractivity contribution in [1.82, 2.24) is 15.0 Å². The van der Waals surface area contributed by atoms with Crippen LogP contribution in [0.15, 0.2) is 82.5 Å². The molecule has 2 aromatic heterocycles. The average Bonchev–Trinajstić information content (AvgIpc) is 2.77. The van der Waals surface area contributed by atoms with E-state index < -0.39 is 11.1 Å². The van der Waals surface area contributed by atoms with Crippen LogP contribution in [0.4, 0.5) is 0 Å². The molecule has 0 unspecified atom stereocenters. The van der Waals surface area contributed by atoms with Gasteiger partial charge in [-0.3, -0.25) is 14.6 Å². The lowest BCUT2D eigenvalue weighted by molar-refractivity contribution is 0.305. The van der Waals surface area contributed by atoms with Crippen LogP contribution in [0.25, 0.3) is 12.2 Å². The van der Waals surface area contributed by atoms with Crippen molar-refractivity contribution in [3.05, 3.63) is 126 Å². The van der Waals surface area contributed by atoms with Gasteiger partial charge in [0.15, 0.2) is 0 Å². The normalized spacial score (nSPS) is 12.2. The number of H-pyrrole nitrogens is 2. The van der Waals surface area contributed by atoms with Crippen LogP contribution >= 0.6 is 11.6 Å². The van der Waals surface area contributed by atoms with Crippen molar-refractivity contribution in [1.29, 1.82) is 0 Å². The first-order valence-electron chi connectivity index (χ1n) is 9.51. The molecule has 0 atom stereocenters. The third kappa shape index (κ3) is 5.38. The summed E-state index contributed by atoms with van der Waals surface area (Å²) in [7, 11) is 0. The largest absolute Gasteiger partial charge is 0.487 e. The van der Waals surface area contributed by atoms with Gasteiger partial charge in [-0.15, -0.1) is 0 Å². The fourth-order valence-electron chi connectivity index (χ4n) is 2.91. The maximum atomic E-state index is 12.4. The highest BCUT2D eigenvalue weighted by atomic mass is 35.5. The maximum absolute atomic E-state index is 12.4. The third-order valence-electron chi connectivity index (χ3n) is 4.45. The van der Waals surface area contributed by atoms with Gasteiger partial charge in [0.05, 0.1) is 11.9 Å². The van der Waals surface area contributed by atoms with Gasteiger partial charge < -0.3 is 14.7 Å². The number of aromatic nitrogens is 3. The third-order valence-corrected chi connectivity index (χ3v) is 4.68. The van der Waals surface area contributed by atoms with Crippen LogP contribution in [0, 0.1) is 0 Å². The summed E-state index contributed by atoms with van der Waals surface area (Å²) < 4.78 is 5.71. The van der Waals surface area contributed by atoms with Crippen LogP contribution in [0.5, 0.6) is 5.75 Å². The number of nitrogens with zero attached hydrogens (tertiary/aromatic N) is 1. The Bertz CT molecular complexity index is 1430. The molecule has 0 fully saturated rings. The zero-order valence-corrected chi connectivity index (χ0v) is 17.1. The Hall–Kier alpha value is -3.90. The zero-order valence-electron chi connectivity index (χ0n) is 16.3. The van der Waals surface area contributed by atoms with E-state index in [2.05, 4.69) is 15.0 Å². The number of rotatable bonds is 5. The summed E-state index contributed by atoms with van der Waals surface area (Å²) in [5, 5.41) is 0.792. The molecule has 0 amide bonds. The molecule has 0 aliphatic rings. The molecule has 0 bridgehead atoms. The van der Waals surface area contributed by atoms with Crippen LogP contribution < -0.4 is 26.6 Å². The topological polar surface area (TPSA) is 87.8 Å². The van der Waals surface area contributed by atoms with Gasteiger partial charge in [0.2, 0.25) is 0 Å². The first-order valence-corrected chi connectivity index (χ1v) is 9.89. The zero-order chi connectivity index (χ0) is 21.6. The second kappa shape index (κ2) is 9.28. The quantitative estimate of drug-likeness (QED) is 0.507. The highest BCUT2D eigenvalue weighted by molar-refractivity contribution is 6.30. The number of ether oxygens (including phenoxy) is 1. The highest BCUT2D eigenvalue weighted by Gasteiger charge is 2.00. The molecule has 154 valence electrons. The van der Waals surface area contributed by atoms with Gasteiger partial charge >= 0.3 is 0 Å². The Morgan fingerprint density at radius 2 is 1.61 bits per heavy atom. The van der Waals surface area contributed by atoms with Crippen LogP contribution in [-0.4, -0.2) is 15.0 Å². The Morgan fingerprint density at radius 3 is 2.29 bits per heavy atom. The lowest BCUT2D eigenvalue weighted by Crippen LogP contribution is -2.46. The fourth-order valence-corrected chi connectivity index (χ4v) is 3.11. The van der Waals surface area contributed by atoms with Gasteiger partial charge in [-0.1, -0.05) is 54.1 Å². The van der Waals surface area contributed by atoms with Crippen LogP contribution in [0.2, 0.25) is 5.02 Å². The van der Waals surface area contributed by atoms with Crippen molar-refractivity contribution in [2.75, 3.05) is 0 Å². The van der Waals surface area contributed by atoms with Crippen LogP contribution in [0.1, 0.15) is 16.8 Å². The Morgan fingerprint density at radius 1 is 0.871 bits per heavy atom. The van der Waals surface area contributed by atoms with E-state index in [0.29, 0.717) is 28.6 Å². The molecule has 2 aromatic carbocycles. The average molecular weight is 432 g/mol. The minimum absolute atomic E-state index is 0.110. The van der Waals surface area contributed by atoms with Gasteiger partial charge in [-0.2, -0.15) is 0 Å². The Labute approximate surface area is 182 Å². The van der Waals surface area contributed by atoms with E-state index in [-0.39, 0.29) is 10.7 Å². The fraction of sp³-hybridized carbons (Fsp3) is 0.0417. The number of aromatic amines is 2. The molecule has 4 rings (SSSR count). The molecule has 0 aliphatic carbocycles. The summed E-state index contributed by atoms with van der Waals surface area (Å²) in [5.41, 5.74) is 1.42. The first-order chi connectivity index (χ1) is 15.1. The molecule has 2 heterocycles. The van der Waals surface area contributed by atoms with E-state index in [0.717, 1.165) is 5.56 Å². The van der Waals surface area contributed by atoms with Crippen LogP contribution in [0.3, 0.4) is 0 Å². The van der Waals surface area contributed by atoms with Crippen molar-refractivity contribution in [3.8, 4) is 5.75 Å². The monoisotopic (exact) mass is 431 g/mol. The van der Waals surface area contributed by atoms with Crippen molar-refractivity contribution in [2.45, 2.75) is 6.61 Å². The number of hydrogen-bond acceptors (Lipinski definition) is 4. The first kappa shape index (κ1) is 20.4. The van der Waals surface area contributed by atoms with Gasteiger partial charge in [0.25, 0.3) is 11.1 Å². The predicted octanol–water partition coefficient (Wildman–Crippen LogP) is 2.35. The molecule has 2 N–H and O–H groups in total. The SMILES string of the molecule is O=c1[nH]c(=Cc2ccc(OCc3ccccc3)cn2)c(=O)[nH]c1=Cc1cccc(Cl)c1. The number of benzene rings is 2. The minimum Gasteiger partial charge on any atom is -0.487 e. The van der Waals surface area contributed by atoms with Crippen molar-refractivity contribution < 1.29 is 4.74 Å². The highest BCUT2D eigenvalue weighted by Crippen LogP contribution is 2.12. The molecule has 6 nitrogen and oxygen atoms in total. The van der Waals surface area contributed by atoms with Crippen LogP contribution in [-0.2, 0) is 6.61 Å². The smallest absolute Gasteiger partial charge is 0.272 e. The standard InChI is InChI=1S/C24H18ClN3O3/c25-18-8-4-7-17(11-18)12-21-23(29)28-22(24(30)27-21)13-19-9-10-20(14-26-19)31-15-16-5-2-1-3-6-16/h1-14H,15H2,(H,27,30)(H,28,29). The van der Waals surface area contributed by atoms with E-state index in [1.807, 2.05) is 30.3 Å². The molecule has 7 heteroatoms. The van der Waals surface area contributed by atoms with E-state index in [9.17, 15) is 9.59 Å². The number of nitrogens with one attached hydrogen (secondary N) is 2. The van der Waals surface area contributed by atoms with E-state index >= 15 is 0 Å². The van der Waals surface area contributed by atoms with Gasteiger partial charge in [-0.25, -0.2) is 0 Å². The summed E-state index contributed by atoms with van der Waals surface area (Å²) in [4.78, 5) is 34.3. The van der Waals surface area contributed by atoms with E-state index in [1.54, 1.807) is 48.7 Å². The molecule has 0 spiro atoms. The number of hydrogen-bond donors (Lipinski definition) is 2. The molecular formula is C24H18ClN3O3. The molecule has 4 aromatic rings. The second-order valence-electron chi connectivity index (χ2n) is 6.77. The molecule has 31 heavy (non-hydrogen) atoms. The molecule has 0 aliphatic heterocycles. The summed E-state index contributed by atoms with van der Waals surface area (Å²) >= 11 is 5.96. The second-order valence-corrected chi connectivity index (χ2v) is 7.21. The Kier molecular flexibility index (Phi) is 6.10. The van der Waals surface area contributed by atoms with Gasteiger partial charge in [-0.05, 0) is 47.5 Å². The summed E-state index contributed by atoms with van der Waals surface area (Å²) in [5.74, 6) is 0.606.